The van der Waals surface area contributed by atoms with Crippen molar-refractivity contribution in [3.8, 4) is 0 Å². The van der Waals surface area contributed by atoms with Crippen LogP contribution >= 0.6 is 21.6 Å². The summed E-state index contributed by atoms with van der Waals surface area (Å²) in [4.78, 5) is 20.3. The molecule has 0 heterocycles. The van der Waals surface area contributed by atoms with E-state index in [4.69, 9.17) is 15.9 Å². The Labute approximate surface area is 96.5 Å². The van der Waals surface area contributed by atoms with Gasteiger partial charge in [-0.15, -0.1) is 13.2 Å². The van der Waals surface area contributed by atoms with Crippen molar-refractivity contribution in [2.24, 2.45) is 5.73 Å². The van der Waals surface area contributed by atoms with Crippen molar-refractivity contribution >= 4 is 33.5 Å². The summed E-state index contributed by atoms with van der Waals surface area (Å²) >= 11 is 0. The summed E-state index contributed by atoms with van der Waals surface area (Å²) < 4.78 is 0. The summed E-state index contributed by atoms with van der Waals surface area (Å²) in [7, 11) is 2.60. The zero-order valence-corrected chi connectivity index (χ0v) is 9.85. The number of carbonyl (C=O) groups is 2. The van der Waals surface area contributed by atoms with Crippen molar-refractivity contribution < 1.29 is 19.8 Å². The van der Waals surface area contributed by atoms with Crippen LogP contribution in [-0.2, 0) is 9.59 Å². The predicted octanol–water partition coefficient (Wildman–Crippen LogP) is 1.06. The summed E-state index contributed by atoms with van der Waals surface area (Å²) in [5.41, 5.74) is 5.21. The van der Waals surface area contributed by atoms with Crippen molar-refractivity contribution in [2.45, 2.75) is 12.5 Å². The molecule has 0 aromatic heterocycles. The lowest BCUT2D eigenvalue weighted by atomic mass is 10.4. The van der Waals surface area contributed by atoms with Crippen LogP contribution in [-0.4, -0.2) is 39.7 Å². The number of hydrogen-bond donors (Lipinski definition) is 3. The fourth-order valence-corrected chi connectivity index (χ4v) is 2.47. The lowest BCUT2D eigenvalue weighted by Gasteiger charge is -2.03. The molecule has 0 unspecified atom stereocenters. The van der Waals surface area contributed by atoms with E-state index in [1.165, 1.54) is 21.6 Å². The highest BCUT2D eigenvalue weighted by molar-refractivity contribution is 8.76. The molecule has 0 bridgehead atoms. The Balaban J connectivity index is 0. The van der Waals surface area contributed by atoms with Crippen molar-refractivity contribution in [1.82, 2.24) is 0 Å². The Bertz CT molecular complexity index is 201. The molecule has 0 spiro atoms. The van der Waals surface area contributed by atoms with Crippen LogP contribution in [0.3, 0.4) is 0 Å². The number of carboxylic acid groups (broad SMARTS) is 2. The minimum absolute atomic E-state index is 0.0833. The molecule has 0 saturated carbocycles. The fourth-order valence-electron chi connectivity index (χ4n) is 0.381. The van der Waals surface area contributed by atoms with Crippen LogP contribution in [0.1, 0.15) is 6.42 Å². The SMILES string of the molecule is C=C.N[C@H](CSSCCC(=O)O)C(=O)O. The van der Waals surface area contributed by atoms with Gasteiger partial charge >= 0.3 is 11.9 Å². The lowest BCUT2D eigenvalue weighted by Crippen LogP contribution is -2.32. The van der Waals surface area contributed by atoms with Crippen LogP contribution in [0.5, 0.6) is 0 Å². The van der Waals surface area contributed by atoms with E-state index in [-0.39, 0.29) is 6.42 Å². The zero-order valence-electron chi connectivity index (χ0n) is 8.22. The Kier molecular flexibility index (Phi) is 12.8. The van der Waals surface area contributed by atoms with Gasteiger partial charge in [0.1, 0.15) is 6.04 Å². The quantitative estimate of drug-likeness (QED) is 0.354. The highest BCUT2D eigenvalue weighted by Crippen LogP contribution is 2.22. The molecule has 5 nitrogen and oxygen atoms in total. The first-order valence-electron chi connectivity index (χ1n) is 3.98. The summed E-state index contributed by atoms with van der Waals surface area (Å²) in [6.07, 6.45) is 0.0833. The van der Waals surface area contributed by atoms with Crippen molar-refractivity contribution in [3.05, 3.63) is 13.2 Å². The molecular weight excluding hydrogens is 238 g/mol. The van der Waals surface area contributed by atoms with E-state index >= 15 is 0 Å². The van der Waals surface area contributed by atoms with Crippen molar-refractivity contribution in [3.63, 3.8) is 0 Å². The third-order valence-corrected chi connectivity index (χ3v) is 3.49. The van der Waals surface area contributed by atoms with E-state index in [2.05, 4.69) is 13.2 Å². The number of hydrogen-bond acceptors (Lipinski definition) is 5. The maximum Gasteiger partial charge on any atom is 0.321 e. The van der Waals surface area contributed by atoms with E-state index in [0.29, 0.717) is 11.5 Å². The molecule has 4 N–H and O–H groups in total. The van der Waals surface area contributed by atoms with Crippen LogP contribution in [0.25, 0.3) is 0 Å². The third kappa shape index (κ3) is 13.3. The van der Waals surface area contributed by atoms with Gasteiger partial charge in [0.05, 0.1) is 6.42 Å². The monoisotopic (exact) mass is 253 g/mol. The van der Waals surface area contributed by atoms with E-state index in [0.717, 1.165) is 0 Å². The second kappa shape index (κ2) is 11.4. The number of nitrogens with two attached hydrogens (primary N) is 1. The van der Waals surface area contributed by atoms with Gasteiger partial charge in [-0.1, -0.05) is 21.6 Å². The second-order valence-corrected chi connectivity index (χ2v) is 4.82. The molecule has 0 saturated heterocycles. The van der Waals surface area contributed by atoms with E-state index < -0.39 is 18.0 Å². The number of rotatable bonds is 7. The van der Waals surface area contributed by atoms with Crippen LogP contribution < -0.4 is 5.73 Å². The van der Waals surface area contributed by atoms with Crippen molar-refractivity contribution in [1.29, 1.82) is 0 Å². The average Bonchev–Trinajstić information content (AvgIpc) is 2.19. The Morgan fingerprint density at radius 2 is 1.80 bits per heavy atom. The van der Waals surface area contributed by atoms with Crippen LogP contribution in [0.2, 0.25) is 0 Å². The fraction of sp³-hybridized carbons (Fsp3) is 0.500. The summed E-state index contributed by atoms with van der Waals surface area (Å²) in [6, 6.07) is -0.873. The molecule has 0 rings (SSSR count). The van der Waals surface area contributed by atoms with Gasteiger partial charge in [0, 0.05) is 11.5 Å². The van der Waals surface area contributed by atoms with Gasteiger partial charge < -0.3 is 15.9 Å². The molecule has 88 valence electrons. The van der Waals surface area contributed by atoms with Gasteiger partial charge in [0.25, 0.3) is 0 Å². The molecule has 0 aromatic carbocycles. The van der Waals surface area contributed by atoms with Gasteiger partial charge in [-0.3, -0.25) is 9.59 Å². The zero-order chi connectivity index (χ0) is 12.3. The highest BCUT2D eigenvalue weighted by Gasteiger charge is 2.10. The lowest BCUT2D eigenvalue weighted by molar-refractivity contribution is -0.138. The van der Waals surface area contributed by atoms with Gasteiger partial charge in [0.2, 0.25) is 0 Å². The standard InChI is InChI=1S/C6H11NO4S2.C2H4/c7-4(6(10)11)3-13-12-2-1-5(8)9;1-2/h4H,1-3,7H2,(H,8,9)(H,10,11);1-2H2/t4-;/m1./s1. The molecule has 1 atom stereocenters. The largest absolute Gasteiger partial charge is 0.481 e. The van der Waals surface area contributed by atoms with Gasteiger partial charge in [0.15, 0.2) is 0 Å². The Morgan fingerprint density at radius 3 is 2.20 bits per heavy atom. The van der Waals surface area contributed by atoms with Gasteiger partial charge in [-0.05, 0) is 0 Å². The molecule has 15 heavy (non-hydrogen) atoms. The number of carboxylic acids is 2. The smallest absolute Gasteiger partial charge is 0.321 e. The second-order valence-electron chi connectivity index (χ2n) is 2.19. The Morgan fingerprint density at radius 1 is 1.27 bits per heavy atom. The molecule has 0 fully saturated rings. The minimum Gasteiger partial charge on any atom is -0.481 e. The Hall–Kier alpha value is -0.660. The van der Waals surface area contributed by atoms with Crippen molar-refractivity contribution in [2.75, 3.05) is 11.5 Å². The average molecular weight is 253 g/mol. The normalized spacial score (nSPS) is 11.0. The molecule has 0 aliphatic heterocycles. The first-order valence-corrected chi connectivity index (χ1v) is 6.47. The topological polar surface area (TPSA) is 101 Å². The van der Waals surface area contributed by atoms with Gasteiger partial charge in [-0.2, -0.15) is 0 Å². The maximum atomic E-state index is 10.2. The molecule has 0 aliphatic rings. The van der Waals surface area contributed by atoms with Gasteiger partial charge in [-0.25, -0.2) is 0 Å². The van der Waals surface area contributed by atoms with E-state index in [1.807, 2.05) is 0 Å². The summed E-state index contributed by atoms with van der Waals surface area (Å²) in [5, 5.41) is 16.7. The number of aliphatic carboxylic acids is 2. The highest BCUT2D eigenvalue weighted by atomic mass is 33.1. The summed E-state index contributed by atoms with van der Waals surface area (Å²) in [6.45, 7) is 6.00. The first-order chi connectivity index (χ1) is 7.04. The molecular formula is C8H15NO4S2. The van der Waals surface area contributed by atoms with E-state index in [9.17, 15) is 9.59 Å². The molecule has 7 heteroatoms. The minimum atomic E-state index is -1.04. The van der Waals surface area contributed by atoms with E-state index in [1.54, 1.807) is 0 Å². The molecule has 0 aliphatic carbocycles. The molecule has 0 radical (unpaired) electrons. The first kappa shape index (κ1) is 16.8. The third-order valence-electron chi connectivity index (χ3n) is 1.05. The maximum absolute atomic E-state index is 10.2. The van der Waals surface area contributed by atoms with Crippen LogP contribution in [0.4, 0.5) is 0 Å². The van der Waals surface area contributed by atoms with Crippen LogP contribution in [0.15, 0.2) is 13.2 Å². The molecule has 0 aromatic rings. The summed E-state index contributed by atoms with van der Waals surface area (Å²) in [5.74, 6) is -1.13. The molecule has 0 amide bonds. The van der Waals surface area contributed by atoms with Crippen LogP contribution in [0, 0.1) is 0 Å². The predicted molar refractivity (Wildman–Crippen MR) is 64.0 cm³/mol.